The van der Waals surface area contributed by atoms with Crippen molar-refractivity contribution >= 4 is 31.5 Å². The summed E-state index contributed by atoms with van der Waals surface area (Å²) in [5.41, 5.74) is 0.576. The Labute approximate surface area is 141 Å². The molecule has 3 N–H and O–H groups in total. The number of aliphatic hydroxyl groups excluding tert-OH is 1. The highest BCUT2D eigenvalue weighted by atomic mass is 35.5. The Morgan fingerprint density at radius 1 is 1.30 bits per heavy atom. The van der Waals surface area contributed by atoms with Gasteiger partial charge in [-0.1, -0.05) is 17.7 Å². The lowest BCUT2D eigenvalue weighted by Crippen LogP contribution is -2.42. The van der Waals surface area contributed by atoms with Crippen molar-refractivity contribution in [2.24, 2.45) is 0 Å². The van der Waals surface area contributed by atoms with Crippen molar-refractivity contribution in [2.45, 2.75) is 24.0 Å². The Morgan fingerprint density at radius 3 is 2.61 bits per heavy atom. The van der Waals surface area contributed by atoms with Gasteiger partial charge in [-0.3, -0.25) is 0 Å². The van der Waals surface area contributed by atoms with E-state index in [9.17, 15) is 21.9 Å². The largest absolute Gasteiger partial charge is 0.390 e. The van der Waals surface area contributed by atoms with Crippen LogP contribution in [0.1, 0.15) is 5.56 Å². The minimum Gasteiger partial charge on any atom is -0.390 e. The number of sulfonamides is 1. The van der Waals surface area contributed by atoms with Crippen molar-refractivity contribution in [3.8, 4) is 0 Å². The summed E-state index contributed by atoms with van der Waals surface area (Å²) in [7, 11) is -6.93. The molecule has 1 aromatic rings. The summed E-state index contributed by atoms with van der Waals surface area (Å²) < 4.78 is 49.6. The van der Waals surface area contributed by atoms with Crippen molar-refractivity contribution in [3.63, 3.8) is 0 Å². The van der Waals surface area contributed by atoms with E-state index < -0.39 is 32.0 Å². The molecule has 0 spiro atoms. The van der Waals surface area contributed by atoms with Crippen LogP contribution < -0.4 is 10.0 Å². The Balaban J connectivity index is 1.90. The van der Waals surface area contributed by atoms with E-state index in [4.69, 9.17) is 11.6 Å². The number of rotatable bonds is 6. The van der Waals surface area contributed by atoms with Crippen LogP contribution in [0.3, 0.4) is 0 Å². The average Bonchev–Trinajstić information content (AvgIpc) is 2.70. The zero-order valence-corrected chi connectivity index (χ0v) is 14.9. The Kier molecular flexibility index (Phi) is 5.70. The van der Waals surface area contributed by atoms with Gasteiger partial charge in [-0.25, -0.2) is 21.6 Å². The predicted octanol–water partition coefficient (Wildman–Crippen LogP) is -0.326. The number of hydrogen-bond acceptors (Lipinski definition) is 6. The van der Waals surface area contributed by atoms with E-state index in [1.54, 1.807) is 19.1 Å². The molecule has 10 heteroatoms. The molecule has 7 nitrogen and oxygen atoms in total. The van der Waals surface area contributed by atoms with Crippen molar-refractivity contribution in [1.82, 2.24) is 10.0 Å². The summed E-state index contributed by atoms with van der Waals surface area (Å²) >= 11 is 5.82. The zero-order valence-electron chi connectivity index (χ0n) is 12.5. The fourth-order valence-corrected chi connectivity index (χ4v) is 5.72. The predicted molar refractivity (Wildman–Crippen MR) is 87.8 cm³/mol. The number of benzene rings is 1. The summed E-state index contributed by atoms with van der Waals surface area (Å²) in [6, 6.07) is 4.03. The molecule has 0 bridgehead atoms. The maximum absolute atomic E-state index is 12.2. The highest BCUT2D eigenvalue weighted by molar-refractivity contribution is 7.91. The summed E-state index contributed by atoms with van der Waals surface area (Å²) in [5.74, 6) is -0.410. The summed E-state index contributed by atoms with van der Waals surface area (Å²) in [6.45, 7) is 1.94. The van der Waals surface area contributed by atoms with Crippen LogP contribution in [-0.4, -0.2) is 58.7 Å². The molecule has 1 aliphatic rings. The van der Waals surface area contributed by atoms with Crippen LogP contribution in [0.5, 0.6) is 0 Å². The summed E-state index contributed by atoms with van der Waals surface area (Å²) in [5, 5.41) is 12.8. The van der Waals surface area contributed by atoms with E-state index in [0.717, 1.165) is 0 Å². The van der Waals surface area contributed by atoms with Crippen molar-refractivity contribution < 1.29 is 21.9 Å². The second-order valence-electron chi connectivity index (χ2n) is 5.51. The molecule has 130 valence electrons. The van der Waals surface area contributed by atoms with Gasteiger partial charge in [0.1, 0.15) is 0 Å². The quantitative estimate of drug-likeness (QED) is 0.581. The molecule has 0 aliphatic carbocycles. The van der Waals surface area contributed by atoms with Crippen LogP contribution >= 0.6 is 11.6 Å². The van der Waals surface area contributed by atoms with E-state index in [1.807, 2.05) is 0 Å². The number of hydrogen-bond donors (Lipinski definition) is 3. The number of aryl methyl sites for hydroxylation is 1. The van der Waals surface area contributed by atoms with Gasteiger partial charge in [0, 0.05) is 24.2 Å². The number of sulfone groups is 1. The van der Waals surface area contributed by atoms with Gasteiger partial charge < -0.3 is 10.4 Å². The normalized spacial score (nSPS) is 24.0. The second-order valence-corrected chi connectivity index (χ2v) is 9.84. The molecule has 0 amide bonds. The summed E-state index contributed by atoms with van der Waals surface area (Å²) in [6.07, 6.45) is -0.966. The zero-order chi connectivity index (χ0) is 17.3. The SMILES string of the molecule is Cc1ccc(Cl)cc1S(=O)(=O)NCCN[C@H]1CS(=O)(=O)C[C@@H]1O. The third-order valence-electron chi connectivity index (χ3n) is 3.59. The Morgan fingerprint density at radius 2 is 2.00 bits per heavy atom. The van der Waals surface area contributed by atoms with Gasteiger partial charge in [0.05, 0.1) is 22.5 Å². The van der Waals surface area contributed by atoms with Gasteiger partial charge in [-0.2, -0.15) is 0 Å². The minimum atomic E-state index is -3.70. The molecular weight excluding hydrogens is 364 g/mol. The van der Waals surface area contributed by atoms with Gasteiger partial charge in [0.15, 0.2) is 9.84 Å². The van der Waals surface area contributed by atoms with Gasteiger partial charge in [0.25, 0.3) is 0 Å². The second kappa shape index (κ2) is 7.04. The monoisotopic (exact) mass is 382 g/mol. The lowest BCUT2D eigenvalue weighted by Gasteiger charge is -2.15. The van der Waals surface area contributed by atoms with E-state index >= 15 is 0 Å². The molecule has 2 atom stereocenters. The summed E-state index contributed by atoms with van der Waals surface area (Å²) in [4.78, 5) is 0.105. The molecule has 2 rings (SSSR count). The molecule has 1 aromatic carbocycles. The maximum Gasteiger partial charge on any atom is 0.240 e. The van der Waals surface area contributed by atoms with Gasteiger partial charge in [-0.05, 0) is 24.6 Å². The van der Waals surface area contributed by atoms with Crippen molar-refractivity contribution in [2.75, 3.05) is 24.6 Å². The molecule has 0 radical (unpaired) electrons. The molecule has 0 aromatic heterocycles. The van der Waals surface area contributed by atoms with Crippen molar-refractivity contribution in [3.05, 3.63) is 28.8 Å². The van der Waals surface area contributed by atoms with Gasteiger partial charge >= 0.3 is 0 Å². The Hall–Kier alpha value is -0.710. The molecule has 1 aliphatic heterocycles. The maximum atomic E-state index is 12.2. The number of halogens is 1. The van der Waals surface area contributed by atoms with Gasteiger partial charge in [0.2, 0.25) is 10.0 Å². The number of aliphatic hydroxyl groups is 1. The molecule has 1 saturated heterocycles. The average molecular weight is 383 g/mol. The fraction of sp³-hybridized carbons (Fsp3) is 0.538. The minimum absolute atomic E-state index is 0.0670. The first-order valence-electron chi connectivity index (χ1n) is 6.98. The van der Waals surface area contributed by atoms with Crippen LogP contribution in [0.25, 0.3) is 0 Å². The lowest BCUT2D eigenvalue weighted by atomic mass is 10.2. The standard InChI is InChI=1S/C13H19ClN2O5S2/c1-9-2-3-10(14)6-13(9)23(20,21)16-5-4-15-11-7-22(18,19)8-12(11)17/h2-3,6,11-12,15-17H,4-5,7-8H2,1H3/t11-,12-/m0/s1. The van der Waals surface area contributed by atoms with Crippen LogP contribution in [0.2, 0.25) is 5.02 Å². The number of nitrogens with one attached hydrogen (secondary N) is 2. The topological polar surface area (TPSA) is 113 Å². The molecule has 23 heavy (non-hydrogen) atoms. The third kappa shape index (κ3) is 4.88. The van der Waals surface area contributed by atoms with E-state index in [2.05, 4.69) is 10.0 Å². The van der Waals surface area contributed by atoms with Crippen molar-refractivity contribution in [1.29, 1.82) is 0 Å². The van der Waals surface area contributed by atoms with E-state index in [0.29, 0.717) is 10.6 Å². The highest BCUT2D eigenvalue weighted by Crippen LogP contribution is 2.19. The van der Waals surface area contributed by atoms with Crippen LogP contribution in [-0.2, 0) is 19.9 Å². The first-order chi connectivity index (χ1) is 10.6. The molecule has 1 fully saturated rings. The van der Waals surface area contributed by atoms with Crippen LogP contribution in [0.4, 0.5) is 0 Å². The van der Waals surface area contributed by atoms with Crippen LogP contribution in [0.15, 0.2) is 23.1 Å². The third-order valence-corrected chi connectivity index (χ3v) is 7.14. The molecule has 0 unspecified atom stereocenters. The highest BCUT2D eigenvalue weighted by Gasteiger charge is 2.35. The molecular formula is C13H19ClN2O5S2. The van der Waals surface area contributed by atoms with E-state index in [1.165, 1.54) is 6.07 Å². The molecule has 0 saturated carbocycles. The first kappa shape index (κ1) is 18.6. The Bertz CT molecular complexity index is 780. The molecule has 1 heterocycles. The fourth-order valence-electron chi connectivity index (χ4n) is 2.41. The van der Waals surface area contributed by atoms with Crippen LogP contribution in [0, 0.1) is 6.92 Å². The van der Waals surface area contributed by atoms with E-state index in [-0.39, 0.29) is 29.5 Å². The lowest BCUT2D eigenvalue weighted by molar-refractivity contribution is 0.166. The van der Waals surface area contributed by atoms with Gasteiger partial charge in [-0.15, -0.1) is 0 Å². The smallest absolute Gasteiger partial charge is 0.240 e. The first-order valence-corrected chi connectivity index (χ1v) is 10.7.